The second kappa shape index (κ2) is 8.93. The van der Waals surface area contributed by atoms with Crippen molar-refractivity contribution in [1.82, 2.24) is 19.6 Å². The van der Waals surface area contributed by atoms with Crippen molar-refractivity contribution in [2.45, 2.75) is 24.8 Å². The lowest BCUT2D eigenvalue weighted by molar-refractivity contribution is -0.384. The molecule has 2 aromatic heterocycles. The highest BCUT2D eigenvalue weighted by Gasteiger charge is 2.17. The lowest BCUT2D eigenvalue weighted by Crippen LogP contribution is -2.14. The number of nitro groups is 1. The lowest BCUT2D eigenvalue weighted by atomic mass is 10.1. The first kappa shape index (κ1) is 21.7. The van der Waals surface area contributed by atoms with Gasteiger partial charge in [-0.3, -0.25) is 14.9 Å². The summed E-state index contributed by atoms with van der Waals surface area (Å²) in [5, 5.41) is 18.8. The number of nitro benzene ring substituents is 1. The van der Waals surface area contributed by atoms with Gasteiger partial charge in [0.1, 0.15) is 5.02 Å². The molecule has 4 rings (SSSR count). The number of amides is 1. The Hall–Kier alpha value is -3.50. The Labute approximate surface area is 192 Å². The monoisotopic (exact) mass is 468 g/mol. The van der Waals surface area contributed by atoms with Crippen LogP contribution >= 0.6 is 23.4 Å². The molecule has 0 saturated heterocycles. The third kappa shape index (κ3) is 4.56. The van der Waals surface area contributed by atoms with E-state index < -0.39 is 4.92 Å². The van der Waals surface area contributed by atoms with Gasteiger partial charge in [-0.05, 0) is 43.7 Å². The van der Waals surface area contributed by atoms with Gasteiger partial charge in [-0.1, -0.05) is 41.6 Å². The van der Waals surface area contributed by atoms with E-state index in [4.69, 9.17) is 11.6 Å². The van der Waals surface area contributed by atoms with Crippen LogP contribution in [-0.2, 0) is 5.75 Å². The van der Waals surface area contributed by atoms with E-state index in [1.807, 2.05) is 32.0 Å². The van der Waals surface area contributed by atoms with Crippen molar-refractivity contribution in [3.05, 3.63) is 86.2 Å². The smallest absolute Gasteiger partial charge is 0.289 e. The predicted molar refractivity (Wildman–Crippen MR) is 122 cm³/mol. The first-order valence-corrected chi connectivity index (χ1v) is 10.8. The summed E-state index contributed by atoms with van der Waals surface area (Å²) >= 11 is 7.23. The number of carbonyl (C=O) groups excluding carboxylic acids is 1. The van der Waals surface area contributed by atoms with Gasteiger partial charge in [-0.25, -0.2) is 9.50 Å². The van der Waals surface area contributed by atoms with Crippen LogP contribution in [0.3, 0.4) is 0 Å². The number of halogens is 1. The van der Waals surface area contributed by atoms with Gasteiger partial charge in [-0.2, -0.15) is 4.98 Å². The molecule has 11 heteroatoms. The van der Waals surface area contributed by atoms with Gasteiger partial charge in [-0.15, -0.1) is 5.10 Å². The van der Waals surface area contributed by atoms with Crippen LogP contribution in [0, 0.1) is 24.0 Å². The van der Waals surface area contributed by atoms with E-state index in [0.717, 1.165) is 17.0 Å². The van der Waals surface area contributed by atoms with Crippen molar-refractivity contribution in [1.29, 1.82) is 0 Å². The van der Waals surface area contributed by atoms with Crippen LogP contribution in [0.2, 0.25) is 5.02 Å². The van der Waals surface area contributed by atoms with Crippen LogP contribution in [0.4, 0.5) is 11.4 Å². The largest absolute Gasteiger partial charge is 0.322 e. The Kier molecular flexibility index (Phi) is 6.06. The predicted octanol–water partition coefficient (Wildman–Crippen LogP) is 4.85. The number of hydrogen-bond donors (Lipinski definition) is 1. The molecule has 4 aromatic rings. The van der Waals surface area contributed by atoms with Gasteiger partial charge in [0.2, 0.25) is 5.16 Å². The van der Waals surface area contributed by atoms with Crippen molar-refractivity contribution < 1.29 is 9.72 Å². The van der Waals surface area contributed by atoms with Crippen LogP contribution in [0.1, 0.15) is 27.3 Å². The molecule has 0 bridgehead atoms. The third-order valence-electron chi connectivity index (χ3n) is 4.62. The molecule has 2 aromatic carbocycles. The van der Waals surface area contributed by atoms with Crippen molar-refractivity contribution in [2.24, 2.45) is 0 Å². The number of fused-ring (bicyclic) bond motifs is 1. The molecule has 0 aliphatic heterocycles. The molecule has 32 heavy (non-hydrogen) atoms. The Morgan fingerprint density at radius 2 is 1.97 bits per heavy atom. The summed E-state index contributed by atoms with van der Waals surface area (Å²) in [6, 6.07) is 13.2. The van der Waals surface area contributed by atoms with E-state index in [2.05, 4.69) is 20.4 Å². The van der Waals surface area contributed by atoms with Gasteiger partial charge >= 0.3 is 0 Å². The van der Waals surface area contributed by atoms with E-state index in [-0.39, 0.29) is 22.3 Å². The highest BCUT2D eigenvalue weighted by Crippen LogP contribution is 2.28. The summed E-state index contributed by atoms with van der Waals surface area (Å²) in [6.07, 6.45) is 0. The molecule has 0 atom stereocenters. The van der Waals surface area contributed by atoms with Gasteiger partial charge in [0.05, 0.1) is 4.92 Å². The van der Waals surface area contributed by atoms with Crippen LogP contribution in [-0.4, -0.2) is 30.4 Å². The summed E-state index contributed by atoms with van der Waals surface area (Å²) in [5.74, 6) is 0.605. The van der Waals surface area contributed by atoms with E-state index >= 15 is 0 Å². The fraction of sp³-hybridized carbons (Fsp3) is 0.143. The number of thioether (sulfide) groups is 1. The molecular weight excluding hydrogens is 452 g/mol. The minimum absolute atomic E-state index is 0.00433. The Balaban J connectivity index is 1.53. The maximum Gasteiger partial charge on any atom is 0.289 e. The molecule has 1 N–H and O–H groups in total. The number of carbonyl (C=O) groups is 1. The number of nitrogens with one attached hydrogen (secondary N) is 1. The topological polar surface area (TPSA) is 115 Å². The quantitative estimate of drug-likeness (QED) is 0.244. The molecule has 0 unspecified atom stereocenters. The summed E-state index contributed by atoms with van der Waals surface area (Å²) in [7, 11) is 0. The van der Waals surface area contributed by atoms with Crippen LogP contribution in [0.15, 0.2) is 53.7 Å². The molecule has 0 saturated carbocycles. The van der Waals surface area contributed by atoms with Crippen molar-refractivity contribution in [2.75, 3.05) is 5.32 Å². The summed E-state index contributed by atoms with van der Waals surface area (Å²) < 4.78 is 1.68. The fourth-order valence-corrected chi connectivity index (χ4v) is 4.16. The average Bonchev–Trinajstić information content (AvgIpc) is 3.17. The molecule has 0 radical (unpaired) electrons. The zero-order chi connectivity index (χ0) is 22.8. The molecule has 0 aliphatic carbocycles. The maximum atomic E-state index is 12.9. The number of nitrogens with zero attached hydrogens (tertiary/aromatic N) is 5. The number of benzene rings is 2. The number of aryl methyl sites for hydroxylation is 2. The zero-order valence-corrected chi connectivity index (χ0v) is 18.6. The second-order valence-electron chi connectivity index (χ2n) is 6.97. The lowest BCUT2D eigenvalue weighted by Gasteiger charge is -2.10. The SMILES string of the molecule is Cc1cc(C)n2nc(SCc3ccccc3C(=O)Nc3ccc(Cl)c([N+](=O)[O-])c3)nc2n1. The summed E-state index contributed by atoms with van der Waals surface area (Å²) in [6.45, 7) is 3.84. The van der Waals surface area contributed by atoms with Crippen LogP contribution in [0.25, 0.3) is 5.78 Å². The van der Waals surface area contributed by atoms with Crippen LogP contribution < -0.4 is 5.32 Å². The minimum Gasteiger partial charge on any atom is -0.322 e. The maximum absolute atomic E-state index is 12.9. The van der Waals surface area contributed by atoms with E-state index in [0.29, 0.717) is 22.3 Å². The highest BCUT2D eigenvalue weighted by atomic mass is 35.5. The van der Waals surface area contributed by atoms with Crippen molar-refractivity contribution in [3.8, 4) is 0 Å². The van der Waals surface area contributed by atoms with Crippen molar-refractivity contribution in [3.63, 3.8) is 0 Å². The number of hydrogen-bond acceptors (Lipinski definition) is 7. The summed E-state index contributed by atoms with van der Waals surface area (Å²) in [4.78, 5) is 32.2. The first-order valence-electron chi connectivity index (χ1n) is 9.49. The number of anilines is 1. The molecule has 2 heterocycles. The molecular formula is C21H17ClN6O3S. The average molecular weight is 469 g/mol. The second-order valence-corrected chi connectivity index (χ2v) is 8.32. The summed E-state index contributed by atoms with van der Waals surface area (Å²) in [5.41, 5.74) is 3.04. The highest BCUT2D eigenvalue weighted by molar-refractivity contribution is 7.98. The van der Waals surface area contributed by atoms with Gasteiger partial charge in [0, 0.05) is 34.5 Å². The molecule has 0 spiro atoms. The molecule has 0 fully saturated rings. The van der Waals surface area contributed by atoms with Gasteiger partial charge < -0.3 is 5.32 Å². The molecule has 0 aliphatic rings. The number of aromatic nitrogens is 4. The van der Waals surface area contributed by atoms with Gasteiger partial charge in [0.15, 0.2) is 0 Å². The molecule has 1 amide bonds. The molecule has 162 valence electrons. The van der Waals surface area contributed by atoms with Crippen LogP contribution in [0.5, 0.6) is 0 Å². The zero-order valence-electron chi connectivity index (χ0n) is 17.1. The van der Waals surface area contributed by atoms with Gasteiger partial charge in [0.25, 0.3) is 17.4 Å². The third-order valence-corrected chi connectivity index (χ3v) is 5.82. The Morgan fingerprint density at radius 3 is 2.75 bits per heavy atom. The standard InChI is InChI=1S/C21H17ClN6O3S/c1-12-9-13(2)27-20(23-12)25-21(26-27)32-11-14-5-3-4-6-16(14)19(29)24-15-7-8-17(22)18(10-15)28(30)31/h3-10H,11H2,1-2H3,(H,24,29). The van der Waals surface area contributed by atoms with E-state index in [9.17, 15) is 14.9 Å². The van der Waals surface area contributed by atoms with E-state index in [1.54, 1.807) is 16.6 Å². The minimum atomic E-state index is -0.595. The number of rotatable bonds is 6. The Bertz CT molecular complexity index is 1360. The van der Waals surface area contributed by atoms with E-state index in [1.165, 1.54) is 30.0 Å². The normalized spacial score (nSPS) is 11.0. The fourth-order valence-electron chi connectivity index (χ4n) is 3.15. The molecule has 9 nitrogen and oxygen atoms in total. The van der Waals surface area contributed by atoms with Crippen molar-refractivity contribution >= 4 is 46.4 Å². The first-order chi connectivity index (χ1) is 15.3. The Morgan fingerprint density at radius 1 is 1.19 bits per heavy atom.